The van der Waals surface area contributed by atoms with Crippen LogP contribution in [0.5, 0.6) is 11.5 Å². The molecule has 170 valence electrons. The number of thiazole rings is 1. The fraction of sp³-hybridized carbons (Fsp3) is 0.259. The summed E-state index contributed by atoms with van der Waals surface area (Å²) in [4.78, 5) is 20.4. The second kappa shape index (κ2) is 10.0. The van der Waals surface area contributed by atoms with Gasteiger partial charge in [0.25, 0.3) is 5.91 Å². The van der Waals surface area contributed by atoms with Crippen molar-refractivity contribution in [2.45, 2.75) is 34.2 Å². The number of rotatable bonds is 8. The number of anilines is 1. The Hall–Kier alpha value is -3.38. The highest BCUT2D eigenvalue weighted by Crippen LogP contribution is 2.35. The van der Waals surface area contributed by atoms with Crippen LogP contribution in [0.25, 0.3) is 10.2 Å². The lowest BCUT2D eigenvalue weighted by molar-refractivity contribution is 0.0984. The zero-order chi connectivity index (χ0) is 23.4. The van der Waals surface area contributed by atoms with Gasteiger partial charge >= 0.3 is 0 Å². The smallest absolute Gasteiger partial charge is 0.260 e. The molecule has 1 aromatic heterocycles. The third-order valence-corrected chi connectivity index (χ3v) is 6.57. The van der Waals surface area contributed by atoms with Gasteiger partial charge < -0.3 is 9.47 Å². The number of ether oxygens (including phenoxy) is 2. The number of hydrogen-bond acceptors (Lipinski definition) is 5. The van der Waals surface area contributed by atoms with Crippen LogP contribution in [0.1, 0.15) is 40.9 Å². The summed E-state index contributed by atoms with van der Waals surface area (Å²) in [5.41, 5.74) is 4.84. The molecule has 3 aromatic carbocycles. The molecule has 0 unspecified atom stereocenters. The lowest BCUT2D eigenvalue weighted by Crippen LogP contribution is -2.30. The van der Waals surface area contributed by atoms with Crippen molar-refractivity contribution in [3.63, 3.8) is 0 Å². The van der Waals surface area contributed by atoms with Crippen LogP contribution in [-0.2, 0) is 6.54 Å². The summed E-state index contributed by atoms with van der Waals surface area (Å²) in [6.07, 6.45) is 0. The Balaban J connectivity index is 1.77. The molecule has 0 aliphatic rings. The predicted octanol–water partition coefficient (Wildman–Crippen LogP) is 6.56. The molecule has 0 atom stereocenters. The standard InChI is InChI=1S/C27H28N2O3S/c1-5-31-22-14-13-21(16-23(22)32-6-2)26(30)29(17-20-10-8-7-9-11-20)27-28-25-19(4)18(3)12-15-24(25)33-27/h7-16H,5-6,17H2,1-4H3. The fourth-order valence-electron chi connectivity index (χ4n) is 3.66. The highest BCUT2D eigenvalue weighted by atomic mass is 32.1. The van der Waals surface area contributed by atoms with E-state index < -0.39 is 0 Å². The van der Waals surface area contributed by atoms with Crippen molar-refractivity contribution in [2.75, 3.05) is 18.1 Å². The summed E-state index contributed by atoms with van der Waals surface area (Å²) < 4.78 is 12.5. The van der Waals surface area contributed by atoms with Gasteiger partial charge in [-0.2, -0.15) is 0 Å². The first-order chi connectivity index (χ1) is 16.0. The molecule has 0 bridgehead atoms. The molecular weight excluding hydrogens is 432 g/mol. The molecule has 4 rings (SSSR count). The van der Waals surface area contributed by atoms with Crippen LogP contribution in [0.2, 0.25) is 0 Å². The SMILES string of the molecule is CCOc1ccc(C(=O)N(Cc2ccccc2)c2nc3c(C)c(C)ccc3s2)cc1OCC. The Kier molecular flexibility index (Phi) is 6.94. The average molecular weight is 461 g/mol. The van der Waals surface area contributed by atoms with Crippen molar-refractivity contribution in [2.24, 2.45) is 0 Å². The van der Waals surface area contributed by atoms with Crippen LogP contribution >= 0.6 is 11.3 Å². The van der Waals surface area contributed by atoms with E-state index in [0.717, 1.165) is 21.3 Å². The van der Waals surface area contributed by atoms with E-state index in [1.54, 1.807) is 23.1 Å². The van der Waals surface area contributed by atoms with Gasteiger partial charge in [-0.1, -0.05) is 47.7 Å². The number of aryl methyl sites for hydroxylation is 2. The van der Waals surface area contributed by atoms with Gasteiger partial charge in [-0.25, -0.2) is 4.98 Å². The van der Waals surface area contributed by atoms with E-state index in [0.29, 0.717) is 42.0 Å². The molecule has 0 aliphatic heterocycles. The summed E-state index contributed by atoms with van der Waals surface area (Å²) >= 11 is 1.53. The zero-order valence-electron chi connectivity index (χ0n) is 19.4. The van der Waals surface area contributed by atoms with Gasteiger partial charge in [0.1, 0.15) is 0 Å². The monoisotopic (exact) mass is 460 g/mol. The molecule has 0 saturated heterocycles. The van der Waals surface area contributed by atoms with E-state index >= 15 is 0 Å². The second-order valence-corrected chi connectivity index (χ2v) is 8.76. The molecule has 33 heavy (non-hydrogen) atoms. The van der Waals surface area contributed by atoms with Gasteiger partial charge in [-0.05, 0) is 68.7 Å². The maximum Gasteiger partial charge on any atom is 0.260 e. The normalized spacial score (nSPS) is 10.9. The highest BCUT2D eigenvalue weighted by Gasteiger charge is 2.23. The van der Waals surface area contributed by atoms with Crippen molar-refractivity contribution < 1.29 is 14.3 Å². The second-order valence-electron chi connectivity index (χ2n) is 7.76. The van der Waals surface area contributed by atoms with Gasteiger partial charge in [-0.3, -0.25) is 9.69 Å². The largest absolute Gasteiger partial charge is 0.490 e. The number of carbonyl (C=O) groups excluding carboxylic acids is 1. The van der Waals surface area contributed by atoms with E-state index in [4.69, 9.17) is 14.5 Å². The minimum absolute atomic E-state index is 0.128. The lowest BCUT2D eigenvalue weighted by Gasteiger charge is -2.21. The van der Waals surface area contributed by atoms with Crippen LogP contribution in [0.4, 0.5) is 5.13 Å². The van der Waals surface area contributed by atoms with Crippen LogP contribution in [0, 0.1) is 13.8 Å². The number of benzene rings is 3. The molecule has 4 aromatic rings. The van der Waals surface area contributed by atoms with Crippen LogP contribution < -0.4 is 14.4 Å². The molecule has 0 fully saturated rings. The predicted molar refractivity (Wildman–Crippen MR) is 135 cm³/mol. The number of hydrogen-bond donors (Lipinski definition) is 0. The van der Waals surface area contributed by atoms with Crippen molar-refractivity contribution in [3.8, 4) is 11.5 Å². The molecule has 0 spiro atoms. The number of aromatic nitrogens is 1. The van der Waals surface area contributed by atoms with E-state index in [9.17, 15) is 4.79 Å². The molecule has 1 heterocycles. The van der Waals surface area contributed by atoms with E-state index in [1.165, 1.54) is 16.9 Å². The van der Waals surface area contributed by atoms with Crippen LogP contribution in [0.3, 0.4) is 0 Å². The lowest BCUT2D eigenvalue weighted by atomic mass is 10.1. The first kappa shape index (κ1) is 22.8. The average Bonchev–Trinajstić information content (AvgIpc) is 3.26. The Morgan fingerprint density at radius 2 is 1.67 bits per heavy atom. The zero-order valence-corrected chi connectivity index (χ0v) is 20.2. The number of carbonyl (C=O) groups is 1. The molecule has 5 nitrogen and oxygen atoms in total. The molecule has 6 heteroatoms. The Morgan fingerprint density at radius 3 is 2.39 bits per heavy atom. The third kappa shape index (κ3) is 4.86. The number of fused-ring (bicyclic) bond motifs is 1. The van der Waals surface area contributed by atoms with Crippen molar-refractivity contribution in [3.05, 3.63) is 82.9 Å². The summed E-state index contributed by atoms with van der Waals surface area (Å²) in [7, 11) is 0. The third-order valence-electron chi connectivity index (χ3n) is 5.52. The van der Waals surface area contributed by atoms with E-state index in [2.05, 4.69) is 26.0 Å². The minimum atomic E-state index is -0.128. The molecule has 0 N–H and O–H groups in total. The molecular formula is C27H28N2O3S. The van der Waals surface area contributed by atoms with Gasteiger partial charge in [0, 0.05) is 5.56 Å². The van der Waals surface area contributed by atoms with E-state index in [-0.39, 0.29) is 5.91 Å². The first-order valence-electron chi connectivity index (χ1n) is 11.1. The summed E-state index contributed by atoms with van der Waals surface area (Å²) in [5, 5.41) is 0.680. The topological polar surface area (TPSA) is 51.7 Å². The summed E-state index contributed by atoms with van der Waals surface area (Å²) in [5.74, 6) is 1.08. The summed E-state index contributed by atoms with van der Waals surface area (Å²) in [6.45, 7) is 9.43. The van der Waals surface area contributed by atoms with Gasteiger partial charge in [0.2, 0.25) is 0 Å². The quantitative estimate of drug-likeness (QED) is 0.299. The first-order valence-corrected chi connectivity index (χ1v) is 12.0. The van der Waals surface area contributed by atoms with E-state index in [1.807, 2.05) is 44.2 Å². The van der Waals surface area contributed by atoms with Gasteiger partial charge in [0.05, 0.1) is 30.0 Å². The fourth-order valence-corrected chi connectivity index (χ4v) is 4.68. The maximum absolute atomic E-state index is 13.8. The molecule has 0 radical (unpaired) electrons. The Labute approximate surface area is 198 Å². The van der Waals surface area contributed by atoms with Crippen LogP contribution in [-0.4, -0.2) is 24.1 Å². The van der Waals surface area contributed by atoms with Crippen molar-refractivity contribution >= 4 is 32.6 Å². The Morgan fingerprint density at radius 1 is 0.939 bits per heavy atom. The molecule has 0 aliphatic carbocycles. The Bertz CT molecular complexity index is 1270. The number of nitrogens with zero attached hydrogens (tertiary/aromatic N) is 2. The van der Waals surface area contributed by atoms with Crippen LogP contribution in [0.15, 0.2) is 60.7 Å². The van der Waals surface area contributed by atoms with Crippen molar-refractivity contribution in [1.29, 1.82) is 0 Å². The molecule has 1 amide bonds. The van der Waals surface area contributed by atoms with Gasteiger partial charge in [0.15, 0.2) is 16.6 Å². The number of amides is 1. The minimum Gasteiger partial charge on any atom is -0.490 e. The van der Waals surface area contributed by atoms with Gasteiger partial charge in [-0.15, -0.1) is 0 Å². The maximum atomic E-state index is 13.8. The van der Waals surface area contributed by atoms with Crippen molar-refractivity contribution in [1.82, 2.24) is 4.98 Å². The molecule has 0 saturated carbocycles. The highest BCUT2D eigenvalue weighted by molar-refractivity contribution is 7.22. The summed E-state index contributed by atoms with van der Waals surface area (Å²) in [6, 6.07) is 19.5.